The van der Waals surface area contributed by atoms with Crippen LogP contribution in [-0.4, -0.2) is 18.2 Å². The summed E-state index contributed by atoms with van der Waals surface area (Å²) in [6.07, 6.45) is 0.381. The Morgan fingerprint density at radius 2 is 2.00 bits per heavy atom. The number of carboxylic acid groups (broad SMARTS) is 1. The molecule has 1 aromatic carbocycles. The summed E-state index contributed by atoms with van der Waals surface area (Å²) in [4.78, 5) is 11.3. The lowest BCUT2D eigenvalue weighted by molar-refractivity contribution is -0.146. The number of hydrogen-bond donors (Lipinski definition) is 1. The third-order valence-corrected chi connectivity index (χ3v) is 3.42. The summed E-state index contributed by atoms with van der Waals surface area (Å²) in [5, 5.41) is 9.85. The van der Waals surface area contributed by atoms with Crippen LogP contribution in [0.1, 0.15) is 44.7 Å². The summed E-state index contributed by atoms with van der Waals surface area (Å²) in [5.41, 5.74) is 0.990. The molecule has 4 heteroatoms. The molecule has 0 aliphatic carbocycles. The molecular weight excluding hydrogens is 264 g/mol. The van der Waals surface area contributed by atoms with Crippen molar-refractivity contribution in [1.82, 2.24) is 0 Å². The molecule has 0 saturated heterocycles. The zero-order valence-electron chi connectivity index (χ0n) is 12.1. The van der Waals surface area contributed by atoms with Crippen molar-refractivity contribution in [1.29, 1.82) is 0 Å². The van der Waals surface area contributed by atoms with E-state index in [0.717, 1.165) is 16.9 Å². The fourth-order valence-electron chi connectivity index (χ4n) is 2.03. The summed E-state index contributed by atoms with van der Waals surface area (Å²) < 4.78 is 5.47. The van der Waals surface area contributed by atoms with Crippen molar-refractivity contribution < 1.29 is 14.6 Å². The first-order valence-corrected chi connectivity index (χ1v) is 6.66. The van der Waals surface area contributed by atoms with Crippen molar-refractivity contribution in [2.75, 3.05) is 7.11 Å². The van der Waals surface area contributed by atoms with Gasteiger partial charge in [-0.3, -0.25) is 4.79 Å². The van der Waals surface area contributed by atoms with Crippen molar-refractivity contribution >= 4 is 17.6 Å². The van der Waals surface area contributed by atoms with Gasteiger partial charge in [0.1, 0.15) is 5.75 Å². The molecule has 0 unspecified atom stereocenters. The minimum absolute atomic E-state index is 0.264. The van der Waals surface area contributed by atoms with E-state index in [1.807, 2.05) is 6.07 Å². The fraction of sp³-hybridized carbons (Fsp3) is 0.533. The number of benzene rings is 1. The largest absolute Gasteiger partial charge is 0.496 e. The molecule has 0 spiro atoms. The quantitative estimate of drug-likeness (QED) is 0.884. The van der Waals surface area contributed by atoms with E-state index in [0.29, 0.717) is 11.4 Å². The van der Waals surface area contributed by atoms with Crippen LogP contribution in [0, 0.1) is 5.41 Å². The van der Waals surface area contributed by atoms with E-state index in [-0.39, 0.29) is 5.92 Å². The van der Waals surface area contributed by atoms with Gasteiger partial charge in [-0.1, -0.05) is 25.4 Å². The number of aliphatic carboxylic acids is 1. The molecule has 0 aliphatic heterocycles. The predicted molar refractivity (Wildman–Crippen MR) is 77.2 cm³/mol. The number of carboxylic acids is 1. The van der Waals surface area contributed by atoms with Crippen LogP contribution in [0.3, 0.4) is 0 Å². The summed E-state index contributed by atoms with van der Waals surface area (Å²) in [7, 11) is 1.60. The molecule has 3 nitrogen and oxygen atoms in total. The Labute approximate surface area is 119 Å². The highest BCUT2D eigenvalue weighted by Crippen LogP contribution is 2.36. The lowest BCUT2D eigenvalue weighted by Crippen LogP contribution is -2.26. The van der Waals surface area contributed by atoms with E-state index in [1.54, 1.807) is 27.0 Å². The van der Waals surface area contributed by atoms with E-state index in [2.05, 4.69) is 13.8 Å². The van der Waals surface area contributed by atoms with Gasteiger partial charge in [-0.05, 0) is 49.4 Å². The molecule has 0 saturated carbocycles. The Bertz CT molecular complexity index is 479. The van der Waals surface area contributed by atoms with Crippen LogP contribution in [0.2, 0.25) is 5.02 Å². The van der Waals surface area contributed by atoms with E-state index in [4.69, 9.17) is 16.3 Å². The second-order valence-electron chi connectivity index (χ2n) is 5.71. The molecular formula is C15H21ClO3. The molecule has 106 valence electrons. The molecule has 0 amide bonds. The fourth-order valence-corrected chi connectivity index (χ4v) is 2.28. The van der Waals surface area contributed by atoms with Crippen molar-refractivity contribution in [2.45, 2.75) is 40.0 Å². The lowest BCUT2D eigenvalue weighted by atomic mass is 9.84. The van der Waals surface area contributed by atoms with Gasteiger partial charge in [-0.2, -0.15) is 0 Å². The zero-order chi connectivity index (χ0) is 14.8. The highest BCUT2D eigenvalue weighted by molar-refractivity contribution is 6.30. The van der Waals surface area contributed by atoms with Crippen molar-refractivity contribution in [3.8, 4) is 5.75 Å². The maximum Gasteiger partial charge on any atom is 0.309 e. The number of rotatable bonds is 5. The maximum absolute atomic E-state index is 11.3. The van der Waals surface area contributed by atoms with Crippen LogP contribution >= 0.6 is 11.6 Å². The predicted octanol–water partition coefficient (Wildman–Crippen LogP) is 4.13. The second kappa shape index (κ2) is 5.83. The van der Waals surface area contributed by atoms with Gasteiger partial charge >= 0.3 is 5.97 Å². The second-order valence-corrected chi connectivity index (χ2v) is 6.14. The van der Waals surface area contributed by atoms with Gasteiger partial charge in [0.05, 0.1) is 12.5 Å². The molecule has 0 aliphatic rings. The highest BCUT2D eigenvalue weighted by atomic mass is 35.5. The number of halogens is 1. The van der Waals surface area contributed by atoms with E-state index in [9.17, 15) is 9.90 Å². The maximum atomic E-state index is 11.3. The van der Waals surface area contributed by atoms with Crippen LogP contribution in [0.15, 0.2) is 12.1 Å². The molecule has 1 rings (SSSR count). The van der Waals surface area contributed by atoms with Crippen LogP contribution in [-0.2, 0) is 11.2 Å². The number of ether oxygens (including phenoxy) is 1. The van der Waals surface area contributed by atoms with Gasteiger partial charge in [0.15, 0.2) is 0 Å². The first-order chi connectivity index (χ1) is 8.69. The molecule has 1 aromatic rings. The first-order valence-electron chi connectivity index (χ1n) is 6.28. The summed E-state index contributed by atoms with van der Waals surface area (Å²) in [6, 6.07) is 3.67. The van der Waals surface area contributed by atoms with E-state index < -0.39 is 11.4 Å². The van der Waals surface area contributed by atoms with Crippen molar-refractivity contribution in [2.24, 2.45) is 5.41 Å². The number of hydrogen-bond acceptors (Lipinski definition) is 2. The molecule has 19 heavy (non-hydrogen) atoms. The molecule has 1 N–H and O–H groups in total. The Morgan fingerprint density at radius 3 is 2.42 bits per heavy atom. The molecule has 0 heterocycles. The molecule has 0 fully saturated rings. The SMILES string of the molecule is COc1c(CC(C)(C)C(=O)O)cc(Cl)cc1C(C)C. The first kappa shape index (κ1) is 15.8. The minimum Gasteiger partial charge on any atom is -0.496 e. The van der Waals surface area contributed by atoms with E-state index >= 15 is 0 Å². The normalized spacial score (nSPS) is 11.7. The zero-order valence-corrected chi connectivity index (χ0v) is 12.8. The average molecular weight is 285 g/mol. The molecule has 0 aromatic heterocycles. The van der Waals surface area contributed by atoms with Crippen LogP contribution < -0.4 is 4.74 Å². The topological polar surface area (TPSA) is 46.5 Å². The number of methoxy groups -OCH3 is 1. The summed E-state index contributed by atoms with van der Waals surface area (Å²) in [6.45, 7) is 7.51. The van der Waals surface area contributed by atoms with Crippen LogP contribution in [0.25, 0.3) is 0 Å². The van der Waals surface area contributed by atoms with Gasteiger partial charge in [0.25, 0.3) is 0 Å². The van der Waals surface area contributed by atoms with E-state index in [1.165, 1.54) is 0 Å². The summed E-state index contributed by atoms with van der Waals surface area (Å²) in [5.74, 6) is 0.176. The van der Waals surface area contributed by atoms with Gasteiger partial charge in [0.2, 0.25) is 0 Å². The highest BCUT2D eigenvalue weighted by Gasteiger charge is 2.29. The molecule has 0 atom stereocenters. The average Bonchev–Trinajstić information content (AvgIpc) is 2.27. The smallest absolute Gasteiger partial charge is 0.309 e. The molecule has 0 bridgehead atoms. The minimum atomic E-state index is -0.855. The van der Waals surface area contributed by atoms with Gasteiger partial charge in [0, 0.05) is 5.02 Å². The lowest BCUT2D eigenvalue weighted by Gasteiger charge is -2.23. The van der Waals surface area contributed by atoms with Crippen LogP contribution in [0.4, 0.5) is 0 Å². The third-order valence-electron chi connectivity index (χ3n) is 3.20. The third kappa shape index (κ3) is 3.63. The van der Waals surface area contributed by atoms with Gasteiger partial charge in [-0.25, -0.2) is 0 Å². The Balaban J connectivity index is 3.31. The van der Waals surface area contributed by atoms with Crippen molar-refractivity contribution in [3.05, 3.63) is 28.3 Å². The van der Waals surface area contributed by atoms with Crippen LogP contribution in [0.5, 0.6) is 5.75 Å². The Hall–Kier alpha value is -1.22. The Morgan fingerprint density at radius 1 is 1.42 bits per heavy atom. The summed E-state index contributed by atoms with van der Waals surface area (Å²) >= 11 is 6.13. The monoisotopic (exact) mass is 284 g/mol. The Kier molecular flexibility index (Phi) is 4.86. The van der Waals surface area contributed by atoms with Crippen molar-refractivity contribution in [3.63, 3.8) is 0 Å². The van der Waals surface area contributed by atoms with Gasteiger partial charge in [-0.15, -0.1) is 0 Å². The molecule has 0 radical (unpaired) electrons. The standard InChI is InChI=1S/C15H21ClO3/c1-9(2)12-7-11(16)6-10(13(12)19-5)8-15(3,4)14(17)18/h6-7,9H,8H2,1-5H3,(H,17,18). The number of carbonyl (C=O) groups is 1. The van der Waals surface area contributed by atoms with Gasteiger partial charge < -0.3 is 9.84 Å².